The second-order valence-electron chi connectivity index (χ2n) is 5.95. The van der Waals surface area contributed by atoms with E-state index >= 15 is 0 Å². The highest BCUT2D eigenvalue weighted by atomic mass is 16.7. The van der Waals surface area contributed by atoms with Gasteiger partial charge in [0.25, 0.3) is 5.91 Å². The molecule has 0 bridgehead atoms. The molecule has 0 atom stereocenters. The highest BCUT2D eigenvalue weighted by Gasteiger charge is 2.39. The Labute approximate surface area is 124 Å². The molecule has 1 aromatic carbocycles. The van der Waals surface area contributed by atoms with Gasteiger partial charge in [0.15, 0.2) is 11.5 Å². The van der Waals surface area contributed by atoms with Gasteiger partial charge >= 0.3 is 0 Å². The zero-order valence-corrected chi connectivity index (χ0v) is 12.4. The summed E-state index contributed by atoms with van der Waals surface area (Å²) in [4.78, 5) is 14.6. The number of nitrogen functional groups attached to an aromatic ring is 1. The average molecular weight is 291 g/mol. The highest BCUT2D eigenvalue weighted by Crippen LogP contribution is 2.37. The summed E-state index contributed by atoms with van der Waals surface area (Å²) in [7, 11) is 4.11. The van der Waals surface area contributed by atoms with Gasteiger partial charge in [-0.25, -0.2) is 0 Å². The Bertz CT molecular complexity index is 568. The van der Waals surface area contributed by atoms with Crippen molar-refractivity contribution in [3.8, 4) is 11.5 Å². The molecule has 3 N–H and O–H groups in total. The third kappa shape index (κ3) is 2.40. The van der Waals surface area contributed by atoms with E-state index in [0.29, 0.717) is 29.3 Å². The smallest absolute Gasteiger partial charge is 0.253 e. The molecule has 1 aromatic rings. The molecular formula is C15H21N3O3. The van der Waals surface area contributed by atoms with Crippen LogP contribution in [-0.4, -0.2) is 43.8 Å². The Morgan fingerprint density at radius 2 is 2.00 bits per heavy atom. The van der Waals surface area contributed by atoms with Crippen molar-refractivity contribution in [2.45, 2.75) is 24.8 Å². The van der Waals surface area contributed by atoms with Crippen molar-refractivity contribution in [2.75, 3.05) is 33.2 Å². The fourth-order valence-corrected chi connectivity index (χ4v) is 2.86. The third-order valence-corrected chi connectivity index (χ3v) is 4.60. The Kier molecular flexibility index (Phi) is 3.41. The van der Waals surface area contributed by atoms with Crippen LogP contribution in [0, 0.1) is 0 Å². The van der Waals surface area contributed by atoms with Crippen LogP contribution in [0.4, 0.5) is 5.69 Å². The number of benzene rings is 1. The lowest BCUT2D eigenvalue weighted by Gasteiger charge is -2.47. The van der Waals surface area contributed by atoms with Crippen molar-refractivity contribution < 1.29 is 14.3 Å². The Morgan fingerprint density at radius 3 is 2.57 bits per heavy atom. The zero-order chi connectivity index (χ0) is 15.0. The lowest BCUT2D eigenvalue weighted by atomic mass is 9.75. The van der Waals surface area contributed by atoms with Gasteiger partial charge in [-0.2, -0.15) is 0 Å². The van der Waals surface area contributed by atoms with Gasteiger partial charge in [-0.15, -0.1) is 0 Å². The second kappa shape index (κ2) is 5.11. The van der Waals surface area contributed by atoms with E-state index in [0.717, 1.165) is 12.8 Å². The predicted molar refractivity (Wildman–Crippen MR) is 79.6 cm³/mol. The van der Waals surface area contributed by atoms with Gasteiger partial charge in [0.2, 0.25) is 6.79 Å². The van der Waals surface area contributed by atoms with Crippen molar-refractivity contribution >= 4 is 11.6 Å². The van der Waals surface area contributed by atoms with E-state index in [9.17, 15) is 4.79 Å². The van der Waals surface area contributed by atoms with Gasteiger partial charge in [-0.1, -0.05) is 0 Å². The number of nitrogens with two attached hydrogens (primary N) is 1. The van der Waals surface area contributed by atoms with E-state index in [-0.39, 0.29) is 18.2 Å². The van der Waals surface area contributed by atoms with Crippen LogP contribution >= 0.6 is 0 Å². The minimum absolute atomic E-state index is 0.0841. The maximum absolute atomic E-state index is 12.4. The SMILES string of the molecule is CN(C)C1(CNC(=O)c2cc3c(cc2N)OCO3)CCC1. The summed E-state index contributed by atoms with van der Waals surface area (Å²) < 4.78 is 10.5. The van der Waals surface area contributed by atoms with E-state index in [4.69, 9.17) is 15.2 Å². The van der Waals surface area contributed by atoms with Crippen molar-refractivity contribution in [1.29, 1.82) is 0 Å². The Hall–Kier alpha value is -1.95. The molecule has 0 spiro atoms. The van der Waals surface area contributed by atoms with Gasteiger partial charge in [-0.3, -0.25) is 4.79 Å². The van der Waals surface area contributed by atoms with Crippen molar-refractivity contribution in [3.63, 3.8) is 0 Å². The van der Waals surface area contributed by atoms with Crippen molar-refractivity contribution in [2.24, 2.45) is 0 Å². The largest absolute Gasteiger partial charge is 0.454 e. The molecule has 0 radical (unpaired) electrons. The number of hydrogen-bond acceptors (Lipinski definition) is 5. The number of ether oxygens (including phenoxy) is 2. The van der Waals surface area contributed by atoms with Crippen LogP contribution in [0.25, 0.3) is 0 Å². The number of hydrogen-bond donors (Lipinski definition) is 2. The number of carbonyl (C=O) groups is 1. The Balaban J connectivity index is 1.71. The van der Waals surface area contributed by atoms with Gasteiger partial charge in [-0.05, 0) is 39.4 Å². The first-order valence-electron chi connectivity index (χ1n) is 7.17. The Morgan fingerprint density at radius 1 is 1.33 bits per heavy atom. The molecule has 1 saturated carbocycles. The summed E-state index contributed by atoms with van der Waals surface area (Å²) in [5.74, 6) is 0.993. The summed E-state index contributed by atoms with van der Waals surface area (Å²) in [5.41, 5.74) is 6.86. The molecule has 114 valence electrons. The molecule has 1 amide bonds. The predicted octanol–water partition coefficient (Wildman–Crippen LogP) is 1.21. The van der Waals surface area contributed by atoms with Crippen LogP contribution in [-0.2, 0) is 0 Å². The van der Waals surface area contributed by atoms with Gasteiger partial charge < -0.3 is 25.4 Å². The molecule has 1 heterocycles. The number of anilines is 1. The minimum Gasteiger partial charge on any atom is -0.454 e. The van der Waals surface area contributed by atoms with E-state index in [1.54, 1.807) is 12.1 Å². The molecule has 1 aliphatic carbocycles. The van der Waals surface area contributed by atoms with Gasteiger partial charge in [0.05, 0.1) is 5.56 Å². The lowest BCUT2D eigenvalue weighted by molar-refractivity contribution is 0.0558. The maximum atomic E-state index is 12.4. The number of rotatable bonds is 4. The van der Waals surface area contributed by atoms with Crippen LogP contribution < -0.4 is 20.5 Å². The van der Waals surface area contributed by atoms with Crippen LogP contribution in [0.3, 0.4) is 0 Å². The topological polar surface area (TPSA) is 76.8 Å². The van der Waals surface area contributed by atoms with E-state index < -0.39 is 0 Å². The maximum Gasteiger partial charge on any atom is 0.253 e. The summed E-state index contributed by atoms with van der Waals surface area (Å²) in [6.45, 7) is 0.802. The fraction of sp³-hybridized carbons (Fsp3) is 0.533. The zero-order valence-electron chi connectivity index (χ0n) is 12.4. The molecule has 6 heteroatoms. The molecule has 0 aromatic heterocycles. The molecule has 2 aliphatic rings. The first-order valence-corrected chi connectivity index (χ1v) is 7.17. The molecule has 3 rings (SSSR count). The number of amides is 1. The molecule has 0 unspecified atom stereocenters. The minimum atomic E-state index is -0.168. The molecule has 1 fully saturated rings. The molecule has 0 saturated heterocycles. The summed E-state index contributed by atoms with van der Waals surface area (Å²) in [6, 6.07) is 3.29. The van der Waals surface area contributed by atoms with Crippen molar-refractivity contribution in [1.82, 2.24) is 10.2 Å². The molecular weight excluding hydrogens is 270 g/mol. The fourth-order valence-electron chi connectivity index (χ4n) is 2.86. The quantitative estimate of drug-likeness (QED) is 0.816. The van der Waals surface area contributed by atoms with E-state index in [1.807, 2.05) is 0 Å². The number of nitrogens with zero attached hydrogens (tertiary/aromatic N) is 1. The van der Waals surface area contributed by atoms with Gasteiger partial charge in [0, 0.05) is 23.8 Å². The molecule has 21 heavy (non-hydrogen) atoms. The number of likely N-dealkylation sites (N-methyl/N-ethyl adjacent to an activating group) is 1. The standard InChI is InChI=1S/C15H21N3O3/c1-18(2)15(4-3-5-15)8-17-14(19)10-6-12-13(7-11(10)16)21-9-20-12/h6-7H,3-5,8-9,16H2,1-2H3,(H,17,19). The first-order chi connectivity index (χ1) is 10.0. The van der Waals surface area contributed by atoms with Crippen LogP contribution in [0.2, 0.25) is 0 Å². The number of fused-ring (bicyclic) bond motifs is 1. The van der Waals surface area contributed by atoms with Crippen LogP contribution in [0.15, 0.2) is 12.1 Å². The van der Waals surface area contributed by atoms with Crippen LogP contribution in [0.1, 0.15) is 29.6 Å². The molecule has 1 aliphatic heterocycles. The summed E-state index contributed by atoms with van der Waals surface area (Å²) in [5, 5.41) is 3.00. The van der Waals surface area contributed by atoms with E-state index in [2.05, 4.69) is 24.3 Å². The highest BCUT2D eigenvalue weighted by molar-refractivity contribution is 6.00. The van der Waals surface area contributed by atoms with Crippen molar-refractivity contribution in [3.05, 3.63) is 17.7 Å². The summed E-state index contributed by atoms with van der Waals surface area (Å²) in [6.07, 6.45) is 3.42. The summed E-state index contributed by atoms with van der Waals surface area (Å²) >= 11 is 0. The first kappa shape index (κ1) is 14.0. The third-order valence-electron chi connectivity index (χ3n) is 4.60. The number of carbonyl (C=O) groups excluding carboxylic acids is 1. The number of nitrogens with one attached hydrogen (secondary N) is 1. The van der Waals surface area contributed by atoms with E-state index in [1.165, 1.54) is 6.42 Å². The van der Waals surface area contributed by atoms with Crippen LogP contribution in [0.5, 0.6) is 11.5 Å². The monoisotopic (exact) mass is 291 g/mol. The average Bonchev–Trinajstić information content (AvgIpc) is 2.82. The van der Waals surface area contributed by atoms with Gasteiger partial charge in [0.1, 0.15) is 0 Å². The lowest BCUT2D eigenvalue weighted by Crippen LogP contribution is -2.57. The second-order valence-corrected chi connectivity index (χ2v) is 5.95. The molecule has 6 nitrogen and oxygen atoms in total. The normalized spacial score (nSPS) is 18.4.